The molecule has 0 spiro atoms. The average molecular weight is 524 g/mol. The fourth-order valence-corrected chi connectivity index (χ4v) is 7.27. The first kappa shape index (κ1) is 27.0. The van der Waals surface area contributed by atoms with E-state index in [9.17, 15) is 9.90 Å². The molecule has 2 aromatic carbocycles. The summed E-state index contributed by atoms with van der Waals surface area (Å²) in [4.78, 5) is 13.1. The SMILES string of the molecule is COc1ccc(CNC(=O)CC2C(O)CCC3C4(C)COC(COc5ccccc5)OC4CCC23C)cc1. The number of methoxy groups -OCH3 is 1. The number of amides is 1. The summed E-state index contributed by atoms with van der Waals surface area (Å²) in [6.45, 7) is 5.95. The average Bonchev–Trinajstić information content (AvgIpc) is 2.93. The van der Waals surface area contributed by atoms with Crippen molar-refractivity contribution < 1.29 is 28.8 Å². The maximum Gasteiger partial charge on any atom is 0.220 e. The summed E-state index contributed by atoms with van der Waals surface area (Å²) in [6.07, 6.45) is 2.90. The molecule has 38 heavy (non-hydrogen) atoms. The van der Waals surface area contributed by atoms with E-state index in [1.165, 1.54) is 0 Å². The van der Waals surface area contributed by atoms with Crippen LogP contribution in [-0.2, 0) is 20.8 Å². The van der Waals surface area contributed by atoms with Gasteiger partial charge in [0.1, 0.15) is 18.1 Å². The number of benzene rings is 2. The summed E-state index contributed by atoms with van der Waals surface area (Å²) in [5, 5.41) is 14.2. The van der Waals surface area contributed by atoms with Crippen molar-refractivity contribution in [2.24, 2.45) is 22.7 Å². The highest BCUT2D eigenvalue weighted by Gasteiger charge is 2.61. The van der Waals surface area contributed by atoms with Gasteiger partial charge in [-0.2, -0.15) is 0 Å². The molecular weight excluding hydrogens is 482 g/mol. The molecule has 2 aromatic rings. The Morgan fingerprint density at radius 3 is 2.53 bits per heavy atom. The maximum absolute atomic E-state index is 13.1. The number of rotatable bonds is 8. The lowest BCUT2D eigenvalue weighted by Gasteiger charge is -2.62. The van der Waals surface area contributed by atoms with Gasteiger partial charge in [0.25, 0.3) is 0 Å². The van der Waals surface area contributed by atoms with Gasteiger partial charge in [-0.25, -0.2) is 0 Å². The molecule has 3 aliphatic rings. The van der Waals surface area contributed by atoms with Crippen LogP contribution in [-0.4, -0.2) is 49.8 Å². The van der Waals surface area contributed by atoms with Crippen molar-refractivity contribution in [1.82, 2.24) is 5.32 Å². The Hall–Kier alpha value is -2.61. The Kier molecular flexibility index (Phi) is 7.98. The highest BCUT2D eigenvalue weighted by Crippen LogP contribution is 2.62. The second kappa shape index (κ2) is 11.2. The van der Waals surface area contributed by atoms with Crippen molar-refractivity contribution in [1.29, 1.82) is 0 Å². The Morgan fingerprint density at radius 2 is 1.79 bits per heavy atom. The zero-order valence-corrected chi connectivity index (χ0v) is 22.7. The third kappa shape index (κ3) is 5.42. The summed E-state index contributed by atoms with van der Waals surface area (Å²) < 4.78 is 23.8. The molecule has 5 rings (SSSR count). The van der Waals surface area contributed by atoms with Gasteiger partial charge in [-0.15, -0.1) is 0 Å². The zero-order chi connectivity index (χ0) is 26.8. The third-order valence-corrected chi connectivity index (χ3v) is 9.42. The highest BCUT2D eigenvalue weighted by molar-refractivity contribution is 5.76. The van der Waals surface area contributed by atoms with Crippen LogP contribution in [0.25, 0.3) is 0 Å². The van der Waals surface area contributed by atoms with E-state index in [2.05, 4.69) is 19.2 Å². The Balaban J connectivity index is 1.21. The number of aliphatic hydroxyl groups is 1. The van der Waals surface area contributed by atoms with E-state index < -0.39 is 12.4 Å². The molecule has 7 atom stereocenters. The Morgan fingerprint density at radius 1 is 1.03 bits per heavy atom. The lowest BCUT2D eigenvalue weighted by atomic mass is 9.46. The second-order valence-electron chi connectivity index (χ2n) is 11.7. The van der Waals surface area contributed by atoms with Gasteiger partial charge in [-0.3, -0.25) is 4.79 Å². The van der Waals surface area contributed by atoms with Gasteiger partial charge in [0.2, 0.25) is 5.91 Å². The van der Waals surface area contributed by atoms with E-state index in [0.29, 0.717) is 38.5 Å². The highest BCUT2D eigenvalue weighted by atomic mass is 16.7. The molecule has 206 valence electrons. The lowest BCUT2D eigenvalue weighted by molar-refractivity contribution is -0.313. The number of aliphatic hydroxyl groups excluding tert-OH is 1. The fraction of sp³-hybridized carbons (Fsp3) is 0.581. The molecule has 0 aromatic heterocycles. The van der Waals surface area contributed by atoms with E-state index in [1.807, 2.05) is 54.6 Å². The minimum atomic E-state index is -0.486. The van der Waals surface area contributed by atoms with Crippen LogP contribution in [0.3, 0.4) is 0 Å². The number of carbonyl (C=O) groups excluding carboxylic acids is 1. The number of fused-ring (bicyclic) bond motifs is 3. The Bertz CT molecular complexity index is 1080. The molecule has 1 amide bonds. The number of ether oxygens (including phenoxy) is 4. The number of hydrogen-bond acceptors (Lipinski definition) is 6. The van der Waals surface area contributed by atoms with Crippen LogP contribution < -0.4 is 14.8 Å². The molecule has 7 heteroatoms. The van der Waals surface area contributed by atoms with Crippen molar-refractivity contribution in [2.75, 3.05) is 20.3 Å². The second-order valence-corrected chi connectivity index (χ2v) is 11.7. The van der Waals surface area contributed by atoms with Crippen LogP contribution in [0.4, 0.5) is 0 Å². The predicted molar refractivity (Wildman–Crippen MR) is 144 cm³/mol. The van der Waals surface area contributed by atoms with Crippen LogP contribution in [0.15, 0.2) is 54.6 Å². The summed E-state index contributed by atoms with van der Waals surface area (Å²) in [7, 11) is 1.64. The molecule has 1 saturated heterocycles. The number of carbonyl (C=O) groups is 1. The first-order chi connectivity index (χ1) is 18.3. The van der Waals surface area contributed by atoms with Gasteiger partial charge in [-0.05, 0) is 72.8 Å². The normalized spacial score (nSPS) is 34.5. The number of hydrogen-bond donors (Lipinski definition) is 2. The quantitative estimate of drug-likeness (QED) is 0.521. The van der Waals surface area contributed by atoms with Crippen LogP contribution in [0, 0.1) is 22.7 Å². The van der Waals surface area contributed by atoms with Crippen molar-refractivity contribution in [2.45, 2.75) is 71.0 Å². The van der Waals surface area contributed by atoms with Crippen LogP contribution in [0.1, 0.15) is 51.5 Å². The van der Waals surface area contributed by atoms with Gasteiger partial charge in [-0.1, -0.05) is 44.2 Å². The fourth-order valence-electron chi connectivity index (χ4n) is 7.27. The topological polar surface area (TPSA) is 86.3 Å². The molecule has 2 saturated carbocycles. The molecule has 0 radical (unpaired) electrons. The summed E-state index contributed by atoms with van der Waals surface area (Å²) >= 11 is 0. The van der Waals surface area contributed by atoms with Crippen molar-refractivity contribution in [3.8, 4) is 11.5 Å². The largest absolute Gasteiger partial charge is 0.497 e. The van der Waals surface area contributed by atoms with E-state index >= 15 is 0 Å². The third-order valence-electron chi connectivity index (χ3n) is 9.42. The first-order valence-electron chi connectivity index (χ1n) is 13.8. The minimum Gasteiger partial charge on any atom is -0.497 e. The molecule has 1 aliphatic heterocycles. The Labute approximate surface area is 225 Å². The molecule has 0 bridgehead atoms. The van der Waals surface area contributed by atoms with E-state index in [0.717, 1.165) is 36.3 Å². The van der Waals surface area contributed by atoms with Crippen LogP contribution in [0.5, 0.6) is 11.5 Å². The van der Waals surface area contributed by atoms with E-state index in [-0.39, 0.29) is 28.8 Å². The maximum atomic E-state index is 13.1. The van der Waals surface area contributed by atoms with E-state index in [4.69, 9.17) is 18.9 Å². The molecule has 7 unspecified atom stereocenters. The molecule has 2 aliphatic carbocycles. The molecule has 7 nitrogen and oxygen atoms in total. The van der Waals surface area contributed by atoms with Crippen LogP contribution in [0.2, 0.25) is 0 Å². The summed E-state index contributed by atoms with van der Waals surface area (Å²) in [5.41, 5.74) is 0.678. The summed E-state index contributed by atoms with van der Waals surface area (Å²) in [5.74, 6) is 1.77. The summed E-state index contributed by atoms with van der Waals surface area (Å²) in [6, 6.07) is 17.4. The van der Waals surface area contributed by atoms with Crippen LogP contribution >= 0.6 is 0 Å². The number of para-hydroxylation sites is 1. The lowest BCUT2D eigenvalue weighted by Crippen LogP contribution is -2.63. The minimum absolute atomic E-state index is 0.0201. The first-order valence-corrected chi connectivity index (χ1v) is 13.8. The zero-order valence-electron chi connectivity index (χ0n) is 22.7. The molecule has 1 heterocycles. The van der Waals surface area contributed by atoms with Crippen molar-refractivity contribution >= 4 is 5.91 Å². The van der Waals surface area contributed by atoms with Gasteiger partial charge >= 0.3 is 0 Å². The standard InChI is InChI=1S/C31H41NO6/c1-30-16-15-27-31(2,20-37-29(38-27)19-36-23-7-5-4-6-8-23)26(30)14-13-25(33)24(30)17-28(34)32-18-21-9-11-22(35-3)12-10-21/h4-12,24-27,29,33H,13-20H2,1-3H3,(H,32,34). The van der Waals surface area contributed by atoms with Crippen molar-refractivity contribution in [3.05, 3.63) is 60.2 Å². The predicted octanol–water partition coefficient (Wildman–Crippen LogP) is 4.72. The molecule has 2 N–H and O–H groups in total. The van der Waals surface area contributed by atoms with Gasteiger partial charge in [0.15, 0.2) is 6.29 Å². The monoisotopic (exact) mass is 523 g/mol. The van der Waals surface area contributed by atoms with Gasteiger partial charge in [0, 0.05) is 18.4 Å². The van der Waals surface area contributed by atoms with Crippen molar-refractivity contribution in [3.63, 3.8) is 0 Å². The van der Waals surface area contributed by atoms with E-state index in [1.54, 1.807) is 7.11 Å². The molecular formula is C31H41NO6. The van der Waals surface area contributed by atoms with Gasteiger partial charge < -0.3 is 29.4 Å². The van der Waals surface area contributed by atoms with Gasteiger partial charge in [0.05, 0.1) is 25.9 Å². The number of nitrogens with one attached hydrogen (secondary N) is 1. The smallest absolute Gasteiger partial charge is 0.220 e. The molecule has 3 fully saturated rings.